The highest BCUT2D eigenvalue weighted by Crippen LogP contribution is 2.25. The summed E-state index contributed by atoms with van der Waals surface area (Å²) in [4.78, 5) is 16.7. The molecule has 0 unspecified atom stereocenters. The average Bonchev–Trinajstić information content (AvgIpc) is 3.28. The molecule has 0 bridgehead atoms. The lowest BCUT2D eigenvalue weighted by Gasteiger charge is -2.19. The Kier molecular flexibility index (Phi) is 5.70. The van der Waals surface area contributed by atoms with Gasteiger partial charge in [-0.3, -0.25) is 4.98 Å². The molecule has 0 fully saturated rings. The SMILES string of the molecule is CC(C)(C)c1ccc(NC(=O)Nc2cccc(-c3ccc4nnc(-c5cccnc5)n4n3)c2)cc1. The van der Waals surface area contributed by atoms with Crippen molar-refractivity contribution in [2.24, 2.45) is 0 Å². The molecule has 0 atom stereocenters. The third-order valence-electron chi connectivity index (χ3n) is 5.61. The Morgan fingerprint density at radius 2 is 1.60 bits per heavy atom. The Morgan fingerprint density at radius 1 is 0.829 bits per heavy atom. The van der Waals surface area contributed by atoms with E-state index in [2.05, 4.69) is 46.6 Å². The summed E-state index contributed by atoms with van der Waals surface area (Å²) in [7, 11) is 0. The first-order valence-corrected chi connectivity index (χ1v) is 11.3. The van der Waals surface area contributed by atoms with E-state index in [-0.39, 0.29) is 11.4 Å². The molecule has 0 spiro atoms. The van der Waals surface area contributed by atoms with Crippen molar-refractivity contribution in [1.82, 2.24) is 24.8 Å². The van der Waals surface area contributed by atoms with Gasteiger partial charge in [0.05, 0.1) is 5.69 Å². The third kappa shape index (κ3) is 4.86. The summed E-state index contributed by atoms with van der Waals surface area (Å²) in [5, 5.41) is 19.0. The largest absolute Gasteiger partial charge is 0.323 e. The maximum absolute atomic E-state index is 12.6. The van der Waals surface area contributed by atoms with E-state index < -0.39 is 0 Å². The summed E-state index contributed by atoms with van der Waals surface area (Å²) in [6, 6.07) is 22.6. The van der Waals surface area contributed by atoms with Crippen LogP contribution >= 0.6 is 0 Å². The van der Waals surface area contributed by atoms with Crippen LogP contribution < -0.4 is 10.6 Å². The number of aromatic nitrogens is 5. The minimum atomic E-state index is -0.313. The molecule has 0 saturated carbocycles. The Bertz CT molecular complexity index is 1490. The Labute approximate surface area is 203 Å². The van der Waals surface area contributed by atoms with Gasteiger partial charge in [0.15, 0.2) is 11.5 Å². The maximum Gasteiger partial charge on any atom is 0.323 e. The predicted molar refractivity (Wildman–Crippen MR) is 137 cm³/mol. The number of hydrogen-bond acceptors (Lipinski definition) is 5. The molecular weight excluding hydrogens is 438 g/mol. The van der Waals surface area contributed by atoms with Gasteiger partial charge in [0, 0.05) is 34.9 Å². The minimum absolute atomic E-state index is 0.0593. The number of rotatable bonds is 4. The summed E-state index contributed by atoms with van der Waals surface area (Å²) in [5.74, 6) is 0.612. The quantitative estimate of drug-likeness (QED) is 0.351. The van der Waals surface area contributed by atoms with Gasteiger partial charge in [0.2, 0.25) is 0 Å². The Hall–Kier alpha value is -4.59. The molecule has 0 aliphatic heterocycles. The highest BCUT2D eigenvalue weighted by Gasteiger charge is 2.14. The van der Waals surface area contributed by atoms with Crippen LogP contribution in [0.15, 0.2) is 85.2 Å². The van der Waals surface area contributed by atoms with E-state index in [9.17, 15) is 4.79 Å². The number of urea groups is 1. The second-order valence-electron chi connectivity index (χ2n) is 9.24. The van der Waals surface area contributed by atoms with Gasteiger partial charge in [0.25, 0.3) is 0 Å². The fraction of sp³-hybridized carbons (Fsp3) is 0.148. The van der Waals surface area contributed by atoms with Crippen molar-refractivity contribution in [3.05, 3.63) is 90.8 Å². The molecule has 5 aromatic rings. The molecule has 2 amide bonds. The second kappa shape index (κ2) is 8.98. The van der Waals surface area contributed by atoms with Gasteiger partial charge in [-0.05, 0) is 59.5 Å². The van der Waals surface area contributed by atoms with Crippen LogP contribution in [0.2, 0.25) is 0 Å². The van der Waals surface area contributed by atoms with Crippen LogP contribution in [0.1, 0.15) is 26.3 Å². The standard InChI is InChI=1S/C27H25N7O/c1-27(2,3)20-9-11-21(12-10-20)29-26(35)30-22-8-4-6-18(16-22)23-13-14-24-31-32-25(34(24)33-23)19-7-5-15-28-17-19/h4-17H,1-3H3,(H2,29,30,35). The molecule has 0 aliphatic rings. The number of nitrogens with one attached hydrogen (secondary N) is 2. The lowest BCUT2D eigenvalue weighted by molar-refractivity contribution is 0.262. The zero-order valence-corrected chi connectivity index (χ0v) is 19.7. The van der Waals surface area contributed by atoms with Crippen LogP contribution in [-0.4, -0.2) is 30.8 Å². The summed E-state index contributed by atoms with van der Waals surface area (Å²) in [6.07, 6.45) is 3.44. The highest BCUT2D eigenvalue weighted by molar-refractivity contribution is 6.00. The number of anilines is 2. The summed E-state index contributed by atoms with van der Waals surface area (Å²) >= 11 is 0. The molecule has 8 nitrogen and oxygen atoms in total. The topological polar surface area (TPSA) is 97.1 Å². The molecule has 0 radical (unpaired) electrons. The number of pyridine rings is 1. The van der Waals surface area contributed by atoms with E-state index in [0.29, 0.717) is 17.2 Å². The molecule has 2 N–H and O–H groups in total. The predicted octanol–water partition coefficient (Wildman–Crippen LogP) is 5.79. The molecule has 3 aromatic heterocycles. The maximum atomic E-state index is 12.6. The van der Waals surface area contributed by atoms with E-state index in [1.807, 2.05) is 72.8 Å². The Morgan fingerprint density at radius 3 is 2.34 bits per heavy atom. The van der Waals surface area contributed by atoms with Crippen molar-refractivity contribution < 1.29 is 4.79 Å². The van der Waals surface area contributed by atoms with Gasteiger partial charge >= 0.3 is 6.03 Å². The van der Waals surface area contributed by atoms with Crippen LogP contribution in [-0.2, 0) is 5.41 Å². The number of amides is 2. The average molecular weight is 464 g/mol. The molecule has 8 heteroatoms. The fourth-order valence-corrected chi connectivity index (χ4v) is 3.72. The molecule has 2 aromatic carbocycles. The van der Waals surface area contributed by atoms with Crippen LogP contribution in [0.5, 0.6) is 0 Å². The number of nitrogens with zero attached hydrogens (tertiary/aromatic N) is 5. The molecule has 5 rings (SSSR count). The molecule has 35 heavy (non-hydrogen) atoms. The van der Waals surface area contributed by atoms with Gasteiger partial charge in [-0.15, -0.1) is 10.2 Å². The normalized spacial score (nSPS) is 11.4. The zero-order chi connectivity index (χ0) is 24.4. The molecule has 174 valence electrons. The van der Waals surface area contributed by atoms with Gasteiger partial charge < -0.3 is 10.6 Å². The Balaban J connectivity index is 1.35. The van der Waals surface area contributed by atoms with Crippen LogP contribution in [0.25, 0.3) is 28.3 Å². The molecular formula is C27H25N7O. The van der Waals surface area contributed by atoms with Crippen molar-refractivity contribution in [1.29, 1.82) is 0 Å². The van der Waals surface area contributed by atoms with Crippen molar-refractivity contribution in [2.75, 3.05) is 10.6 Å². The number of hydrogen-bond donors (Lipinski definition) is 2. The fourth-order valence-electron chi connectivity index (χ4n) is 3.72. The van der Waals surface area contributed by atoms with Crippen LogP contribution in [0.3, 0.4) is 0 Å². The van der Waals surface area contributed by atoms with Crippen molar-refractivity contribution in [3.63, 3.8) is 0 Å². The lowest BCUT2D eigenvalue weighted by Crippen LogP contribution is -2.19. The number of carbonyl (C=O) groups excluding carboxylic acids is 1. The molecule has 0 saturated heterocycles. The summed E-state index contributed by atoms with van der Waals surface area (Å²) in [6.45, 7) is 6.47. The first kappa shape index (κ1) is 22.2. The first-order valence-electron chi connectivity index (χ1n) is 11.3. The van der Waals surface area contributed by atoms with Crippen LogP contribution in [0.4, 0.5) is 16.2 Å². The second-order valence-corrected chi connectivity index (χ2v) is 9.24. The lowest BCUT2D eigenvalue weighted by atomic mass is 9.87. The monoisotopic (exact) mass is 463 g/mol. The van der Waals surface area contributed by atoms with Crippen molar-refractivity contribution in [2.45, 2.75) is 26.2 Å². The molecule has 3 heterocycles. The van der Waals surface area contributed by atoms with E-state index in [1.165, 1.54) is 5.56 Å². The highest BCUT2D eigenvalue weighted by atomic mass is 16.2. The van der Waals surface area contributed by atoms with Gasteiger partial charge in [-0.2, -0.15) is 9.61 Å². The first-order chi connectivity index (χ1) is 16.9. The summed E-state index contributed by atoms with van der Waals surface area (Å²) < 4.78 is 1.69. The summed E-state index contributed by atoms with van der Waals surface area (Å²) in [5.41, 5.74) is 5.70. The van der Waals surface area contributed by atoms with E-state index >= 15 is 0 Å². The van der Waals surface area contributed by atoms with Gasteiger partial charge in [-0.1, -0.05) is 45.0 Å². The van der Waals surface area contributed by atoms with E-state index in [1.54, 1.807) is 16.9 Å². The van der Waals surface area contributed by atoms with E-state index in [0.717, 1.165) is 22.5 Å². The van der Waals surface area contributed by atoms with Gasteiger partial charge in [-0.25, -0.2) is 4.79 Å². The molecule has 0 aliphatic carbocycles. The smallest absolute Gasteiger partial charge is 0.308 e. The van der Waals surface area contributed by atoms with Crippen molar-refractivity contribution in [3.8, 4) is 22.6 Å². The number of benzene rings is 2. The zero-order valence-electron chi connectivity index (χ0n) is 19.7. The third-order valence-corrected chi connectivity index (χ3v) is 5.61. The van der Waals surface area contributed by atoms with Crippen molar-refractivity contribution >= 4 is 23.1 Å². The van der Waals surface area contributed by atoms with Gasteiger partial charge in [0.1, 0.15) is 0 Å². The number of fused-ring (bicyclic) bond motifs is 1. The van der Waals surface area contributed by atoms with E-state index in [4.69, 9.17) is 5.10 Å². The number of carbonyl (C=O) groups is 1. The minimum Gasteiger partial charge on any atom is -0.308 e. The van der Waals surface area contributed by atoms with Crippen LogP contribution in [0, 0.1) is 0 Å².